The third-order valence-electron chi connectivity index (χ3n) is 4.35. The molecule has 1 saturated carbocycles. The van der Waals surface area contributed by atoms with Gasteiger partial charge in [-0.25, -0.2) is 4.79 Å². The first kappa shape index (κ1) is 17.6. The fourth-order valence-corrected chi connectivity index (χ4v) is 3.02. The van der Waals surface area contributed by atoms with Gasteiger partial charge in [-0.05, 0) is 64.7 Å². The van der Waals surface area contributed by atoms with E-state index in [1.807, 2.05) is 32.9 Å². The van der Waals surface area contributed by atoms with Crippen molar-refractivity contribution in [2.24, 2.45) is 0 Å². The Balaban J connectivity index is 1.80. The van der Waals surface area contributed by atoms with Gasteiger partial charge in [0.25, 0.3) is 5.91 Å². The van der Waals surface area contributed by atoms with Crippen LogP contribution in [0.15, 0.2) is 18.2 Å². The number of carbonyl (C=O) groups excluding carboxylic acids is 2. The largest absolute Gasteiger partial charge is 0.371 e. The van der Waals surface area contributed by atoms with Gasteiger partial charge in [0.15, 0.2) is 0 Å². The number of hydrogen-bond acceptors (Lipinski definition) is 3. The van der Waals surface area contributed by atoms with E-state index in [1.54, 1.807) is 6.07 Å². The standard InChI is InChI=1S/C19H28N4O2/c1-19(2,3)22-18(25)21-14-8-9-16(23-10-4-5-11-23)15(12-14)17(24)20-13-6-7-13/h8-9,12-13H,4-7,10-11H2,1-3H3,(H,20,24)(H2,21,22,25). The molecular weight excluding hydrogens is 316 g/mol. The van der Waals surface area contributed by atoms with E-state index in [4.69, 9.17) is 0 Å². The van der Waals surface area contributed by atoms with Crippen LogP contribution in [0.5, 0.6) is 0 Å². The van der Waals surface area contributed by atoms with Crippen molar-refractivity contribution < 1.29 is 9.59 Å². The van der Waals surface area contributed by atoms with Crippen molar-refractivity contribution in [2.45, 2.75) is 58.0 Å². The van der Waals surface area contributed by atoms with Crippen LogP contribution in [0, 0.1) is 0 Å². The maximum atomic E-state index is 12.7. The predicted molar refractivity (Wildman–Crippen MR) is 100 cm³/mol. The Labute approximate surface area is 149 Å². The van der Waals surface area contributed by atoms with E-state index in [-0.39, 0.29) is 17.5 Å². The summed E-state index contributed by atoms with van der Waals surface area (Å²) in [6, 6.07) is 5.63. The van der Waals surface area contributed by atoms with Gasteiger partial charge in [0.05, 0.1) is 5.56 Å². The number of nitrogens with one attached hydrogen (secondary N) is 3. The summed E-state index contributed by atoms with van der Waals surface area (Å²) in [5.74, 6) is -0.0516. The van der Waals surface area contributed by atoms with Gasteiger partial charge in [0.2, 0.25) is 0 Å². The molecule has 136 valence electrons. The zero-order valence-corrected chi connectivity index (χ0v) is 15.3. The monoisotopic (exact) mass is 344 g/mol. The zero-order chi connectivity index (χ0) is 18.0. The summed E-state index contributed by atoms with van der Waals surface area (Å²) >= 11 is 0. The zero-order valence-electron chi connectivity index (χ0n) is 15.3. The number of amides is 3. The van der Waals surface area contributed by atoms with Crippen LogP contribution in [0.1, 0.15) is 56.8 Å². The Morgan fingerprint density at radius 1 is 1.12 bits per heavy atom. The highest BCUT2D eigenvalue weighted by atomic mass is 16.2. The van der Waals surface area contributed by atoms with E-state index in [2.05, 4.69) is 20.9 Å². The summed E-state index contributed by atoms with van der Waals surface area (Å²) in [7, 11) is 0. The van der Waals surface area contributed by atoms with E-state index in [9.17, 15) is 9.59 Å². The molecule has 0 radical (unpaired) electrons. The third-order valence-corrected chi connectivity index (χ3v) is 4.35. The quantitative estimate of drug-likeness (QED) is 0.786. The summed E-state index contributed by atoms with van der Waals surface area (Å²) in [6.45, 7) is 7.73. The lowest BCUT2D eigenvalue weighted by molar-refractivity contribution is 0.0951. The van der Waals surface area contributed by atoms with Crippen LogP contribution >= 0.6 is 0 Å². The molecule has 1 saturated heterocycles. The SMILES string of the molecule is CC(C)(C)NC(=O)Nc1ccc(N2CCCC2)c(C(=O)NC2CC2)c1. The molecule has 25 heavy (non-hydrogen) atoms. The Morgan fingerprint density at radius 2 is 1.80 bits per heavy atom. The molecule has 1 aromatic carbocycles. The summed E-state index contributed by atoms with van der Waals surface area (Å²) < 4.78 is 0. The molecule has 1 aliphatic heterocycles. The number of carbonyl (C=O) groups is 2. The minimum atomic E-state index is -0.314. The smallest absolute Gasteiger partial charge is 0.319 e. The van der Waals surface area contributed by atoms with Crippen molar-refractivity contribution in [1.82, 2.24) is 10.6 Å². The number of hydrogen-bond donors (Lipinski definition) is 3. The lowest BCUT2D eigenvalue weighted by Gasteiger charge is -2.23. The normalized spacial score (nSPS) is 17.3. The Kier molecular flexibility index (Phi) is 4.88. The molecule has 6 nitrogen and oxygen atoms in total. The molecule has 1 heterocycles. The molecule has 2 fully saturated rings. The van der Waals surface area contributed by atoms with E-state index in [0.717, 1.165) is 44.5 Å². The molecule has 0 unspecified atom stereocenters. The molecule has 2 aliphatic rings. The van der Waals surface area contributed by atoms with Crippen molar-refractivity contribution >= 4 is 23.3 Å². The molecule has 0 spiro atoms. The van der Waals surface area contributed by atoms with Gasteiger partial charge < -0.3 is 20.9 Å². The van der Waals surface area contributed by atoms with Gasteiger partial charge in [-0.1, -0.05) is 0 Å². The van der Waals surface area contributed by atoms with Crippen LogP contribution in [-0.2, 0) is 0 Å². The van der Waals surface area contributed by atoms with Crippen LogP contribution < -0.4 is 20.9 Å². The van der Waals surface area contributed by atoms with Gasteiger partial charge in [0, 0.05) is 36.0 Å². The second kappa shape index (κ2) is 6.94. The second-order valence-electron chi connectivity index (χ2n) is 8.00. The molecular formula is C19H28N4O2. The van der Waals surface area contributed by atoms with E-state index in [1.165, 1.54) is 0 Å². The minimum Gasteiger partial charge on any atom is -0.371 e. The first-order valence-corrected chi connectivity index (χ1v) is 9.11. The number of nitrogens with zero attached hydrogens (tertiary/aromatic N) is 1. The third kappa shape index (κ3) is 4.87. The van der Waals surface area contributed by atoms with Crippen molar-refractivity contribution in [3.8, 4) is 0 Å². The topological polar surface area (TPSA) is 73.5 Å². The second-order valence-corrected chi connectivity index (χ2v) is 8.00. The number of anilines is 2. The van der Waals surface area contributed by atoms with Crippen molar-refractivity contribution in [2.75, 3.05) is 23.3 Å². The maximum Gasteiger partial charge on any atom is 0.319 e. The van der Waals surface area contributed by atoms with Gasteiger partial charge in [-0.3, -0.25) is 4.79 Å². The molecule has 1 aliphatic carbocycles. The van der Waals surface area contributed by atoms with Gasteiger partial charge in [-0.2, -0.15) is 0 Å². The number of benzene rings is 1. The molecule has 1 aromatic rings. The molecule has 6 heteroatoms. The van der Waals surface area contributed by atoms with E-state index in [0.29, 0.717) is 17.3 Å². The van der Waals surface area contributed by atoms with Crippen LogP contribution in [0.4, 0.5) is 16.2 Å². The highest BCUT2D eigenvalue weighted by molar-refractivity contribution is 6.02. The van der Waals surface area contributed by atoms with Crippen molar-refractivity contribution in [3.05, 3.63) is 23.8 Å². The van der Waals surface area contributed by atoms with Crippen LogP contribution in [0.3, 0.4) is 0 Å². The molecule has 0 aromatic heterocycles. The van der Waals surface area contributed by atoms with Crippen LogP contribution in [0.2, 0.25) is 0 Å². The van der Waals surface area contributed by atoms with Crippen molar-refractivity contribution in [3.63, 3.8) is 0 Å². The lowest BCUT2D eigenvalue weighted by Crippen LogP contribution is -2.43. The minimum absolute atomic E-state index is 0.0516. The Bertz CT molecular complexity index is 656. The summed E-state index contributed by atoms with van der Waals surface area (Å²) in [5, 5.41) is 8.76. The van der Waals surface area contributed by atoms with Crippen LogP contribution in [-0.4, -0.2) is 36.6 Å². The number of rotatable bonds is 4. The van der Waals surface area contributed by atoms with E-state index >= 15 is 0 Å². The fourth-order valence-electron chi connectivity index (χ4n) is 3.02. The van der Waals surface area contributed by atoms with Gasteiger partial charge in [0.1, 0.15) is 0 Å². The summed E-state index contributed by atoms with van der Waals surface area (Å²) in [6.07, 6.45) is 4.41. The highest BCUT2D eigenvalue weighted by Gasteiger charge is 2.27. The molecule has 3 rings (SSSR count). The molecule has 0 atom stereocenters. The van der Waals surface area contributed by atoms with Crippen molar-refractivity contribution in [1.29, 1.82) is 0 Å². The molecule has 3 N–H and O–H groups in total. The Hall–Kier alpha value is -2.24. The predicted octanol–water partition coefficient (Wildman–Crippen LogP) is 3.10. The molecule has 3 amide bonds. The van der Waals surface area contributed by atoms with E-state index < -0.39 is 0 Å². The summed E-state index contributed by atoms with van der Waals surface area (Å²) in [4.78, 5) is 27.0. The average Bonchev–Trinajstić information content (AvgIpc) is 3.15. The maximum absolute atomic E-state index is 12.7. The van der Waals surface area contributed by atoms with Gasteiger partial charge in [-0.15, -0.1) is 0 Å². The average molecular weight is 344 g/mol. The first-order valence-electron chi connectivity index (χ1n) is 9.11. The molecule has 0 bridgehead atoms. The van der Waals surface area contributed by atoms with Crippen LogP contribution in [0.25, 0.3) is 0 Å². The van der Waals surface area contributed by atoms with Gasteiger partial charge >= 0.3 is 6.03 Å². The Morgan fingerprint density at radius 3 is 2.40 bits per heavy atom. The number of urea groups is 1. The lowest BCUT2D eigenvalue weighted by atomic mass is 10.1. The highest BCUT2D eigenvalue weighted by Crippen LogP contribution is 2.29. The first-order chi connectivity index (χ1) is 11.8. The summed E-state index contributed by atoms with van der Waals surface area (Å²) in [5.41, 5.74) is 1.91. The fraction of sp³-hybridized carbons (Fsp3) is 0.579.